The molecule has 2 atom stereocenters. The van der Waals surface area contributed by atoms with E-state index in [0.717, 1.165) is 12.8 Å². The first kappa shape index (κ1) is 36.1. The van der Waals surface area contributed by atoms with E-state index in [-0.39, 0.29) is 25.7 Å². The molecular formula is C29H58N2O7P+. The molecule has 0 saturated carbocycles. The van der Waals surface area contributed by atoms with E-state index in [9.17, 15) is 9.46 Å². The molecule has 0 aliphatic rings. The molecule has 1 aromatic heterocycles. The summed E-state index contributed by atoms with van der Waals surface area (Å²) >= 11 is 0. The lowest BCUT2D eigenvalue weighted by Crippen LogP contribution is -2.37. The first-order valence-corrected chi connectivity index (χ1v) is 16.8. The minimum Gasteiger partial charge on any atom is -0.467 e. The SMILES string of the molecule is CCCCCCCCCCCCCCCCCCOC[C@@H](COP(=O)(O)OCC[N+](C)(C)C)Oc1ccon1. The Morgan fingerprint density at radius 3 is 1.85 bits per heavy atom. The predicted molar refractivity (Wildman–Crippen MR) is 156 cm³/mol. The second-order valence-corrected chi connectivity index (χ2v) is 13.0. The minimum atomic E-state index is -4.19. The standard InChI is InChI=1S/C29H57N2O7P/c1-5-6-7-8-9-10-11-12-13-14-15-16-17-18-19-20-23-34-26-28(38-29-21-24-35-30-29)27-37-39(32,33)36-25-22-31(2,3)4/h21,24,28H,5-20,22-23,25-27H2,1-4H3/p+1/t28-/m0/s1. The number of likely N-dealkylation sites (N-methyl/N-ethyl adjacent to an activating group) is 1. The number of hydrogen-bond donors (Lipinski definition) is 1. The second kappa shape index (κ2) is 22.7. The average molecular weight is 578 g/mol. The Morgan fingerprint density at radius 2 is 1.36 bits per heavy atom. The molecule has 0 saturated heterocycles. The number of hydrogen-bond acceptors (Lipinski definition) is 7. The molecule has 39 heavy (non-hydrogen) atoms. The topological polar surface area (TPSA) is 100 Å². The molecule has 0 amide bonds. The Bertz CT molecular complexity index is 713. The molecule has 10 heteroatoms. The van der Waals surface area contributed by atoms with Crippen LogP contribution in [0.1, 0.15) is 110 Å². The number of nitrogens with zero attached hydrogens (tertiary/aromatic N) is 2. The van der Waals surface area contributed by atoms with E-state index in [4.69, 9.17) is 23.0 Å². The smallest absolute Gasteiger partial charge is 0.467 e. The maximum atomic E-state index is 12.2. The molecule has 0 aliphatic heterocycles. The number of ether oxygens (including phenoxy) is 2. The summed E-state index contributed by atoms with van der Waals surface area (Å²) in [5, 5.41) is 3.73. The van der Waals surface area contributed by atoms with Gasteiger partial charge in [0.15, 0.2) is 0 Å². The van der Waals surface area contributed by atoms with Gasteiger partial charge in [0.1, 0.15) is 25.5 Å². The van der Waals surface area contributed by atoms with Gasteiger partial charge in [-0.25, -0.2) is 4.57 Å². The van der Waals surface area contributed by atoms with Crippen LogP contribution in [-0.4, -0.2) is 74.8 Å². The summed E-state index contributed by atoms with van der Waals surface area (Å²) in [5.74, 6) is 0.272. The van der Waals surface area contributed by atoms with Crippen LogP contribution in [0.3, 0.4) is 0 Å². The fourth-order valence-electron chi connectivity index (χ4n) is 4.16. The van der Waals surface area contributed by atoms with Crippen LogP contribution in [0, 0.1) is 0 Å². The van der Waals surface area contributed by atoms with E-state index >= 15 is 0 Å². The van der Waals surface area contributed by atoms with Crippen LogP contribution in [0.2, 0.25) is 0 Å². The lowest BCUT2D eigenvalue weighted by Gasteiger charge is -2.24. The normalized spacial score (nSPS) is 14.4. The van der Waals surface area contributed by atoms with Crippen molar-refractivity contribution in [2.45, 2.75) is 116 Å². The van der Waals surface area contributed by atoms with Crippen molar-refractivity contribution in [2.75, 3.05) is 54.1 Å². The molecule has 1 unspecified atom stereocenters. The molecule has 9 nitrogen and oxygen atoms in total. The second-order valence-electron chi connectivity index (χ2n) is 11.6. The van der Waals surface area contributed by atoms with Gasteiger partial charge < -0.3 is 23.4 Å². The summed E-state index contributed by atoms with van der Waals surface area (Å²) in [6.45, 7) is 3.62. The first-order chi connectivity index (χ1) is 18.7. The van der Waals surface area contributed by atoms with Crippen molar-refractivity contribution in [1.29, 1.82) is 0 Å². The molecule has 0 aliphatic carbocycles. The van der Waals surface area contributed by atoms with Crippen LogP contribution in [0.4, 0.5) is 0 Å². The number of aromatic nitrogens is 1. The Kier molecular flexibility index (Phi) is 21.0. The fraction of sp³-hybridized carbons (Fsp3) is 0.897. The zero-order chi connectivity index (χ0) is 28.7. The van der Waals surface area contributed by atoms with Gasteiger partial charge in [-0.2, -0.15) is 0 Å². The van der Waals surface area contributed by atoms with Crippen molar-refractivity contribution in [3.05, 3.63) is 12.3 Å². The molecular weight excluding hydrogens is 519 g/mol. The molecule has 0 radical (unpaired) electrons. The molecule has 0 aromatic carbocycles. The lowest BCUT2D eigenvalue weighted by molar-refractivity contribution is -0.870. The quantitative estimate of drug-likeness (QED) is 0.0619. The minimum absolute atomic E-state index is 0.113. The van der Waals surface area contributed by atoms with Crippen molar-refractivity contribution in [3.63, 3.8) is 0 Å². The first-order valence-electron chi connectivity index (χ1n) is 15.3. The number of phosphoric acid groups is 1. The summed E-state index contributed by atoms with van der Waals surface area (Å²) in [7, 11) is 1.74. The number of unbranched alkanes of at least 4 members (excludes halogenated alkanes) is 15. The van der Waals surface area contributed by atoms with E-state index in [2.05, 4.69) is 12.1 Å². The van der Waals surface area contributed by atoms with E-state index in [1.165, 1.54) is 96.2 Å². The van der Waals surface area contributed by atoms with E-state index < -0.39 is 13.9 Å². The van der Waals surface area contributed by atoms with Crippen LogP contribution in [-0.2, 0) is 18.3 Å². The van der Waals surface area contributed by atoms with Gasteiger partial charge in [0.05, 0.1) is 34.4 Å². The predicted octanol–water partition coefficient (Wildman–Crippen LogP) is 7.54. The van der Waals surface area contributed by atoms with Gasteiger partial charge in [-0.05, 0) is 11.6 Å². The third-order valence-corrected chi connectivity index (χ3v) is 7.57. The molecule has 1 N–H and O–H groups in total. The van der Waals surface area contributed by atoms with Crippen LogP contribution in [0.15, 0.2) is 16.9 Å². The number of phosphoric ester groups is 1. The molecule has 1 aromatic rings. The Morgan fingerprint density at radius 1 is 0.821 bits per heavy atom. The van der Waals surface area contributed by atoms with Crippen molar-refractivity contribution in [1.82, 2.24) is 5.16 Å². The lowest BCUT2D eigenvalue weighted by atomic mass is 10.0. The number of quaternary nitrogens is 1. The molecule has 0 bridgehead atoms. The van der Waals surface area contributed by atoms with Gasteiger partial charge in [-0.3, -0.25) is 9.05 Å². The van der Waals surface area contributed by atoms with Crippen molar-refractivity contribution in [3.8, 4) is 5.88 Å². The third kappa shape index (κ3) is 23.4. The number of rotatable bonds is 28. The van der Waals surface area contributed by atoms with E-state index in [1.807, 2.05) is 21.1 Å². The summed E-state index contributed by atoms with van der Waals surface area (Å²) in [6.07, 6.45) is 22.0. The Balaban J connectivity index is 2.07. The summed E-state index contributed by atoms with van der Waals surface area (Å²) < 4.78 is 39.3. The van der Waals surface area contributed by atoms with Crippen LogP contribution >= 0.6 is 7.82 Å². The van der Waals surface area contributed by atoms with Crippen molar-refractivity contribution in [2.24, 2.45) is 0 Å². The van der Waals surface area contributed by atoms with Gasteiger partial charge in [0.2, 0.25) is 0 Å². The van der Waals surface area contributed by atoms with Crippen molar-refractivity contribution < 1.29 is 37.0 Å². The molecule has 0 spiro atoms. The highest BCUT2D eigenvalue weighted by Gasteiger charge is 2.25. The summed E-state index contributed by atoms with van der Waals surface area (Å²) in [5.41, 5.74) is 0. The van der Waals surface area contributed by atoms with Gasteiger partial charge in [0, 0.05) is 12.7 Å². The highest BCUT2D eigenvalue weighted by molar-refractivity contribution is 7.47. The van der Waals surface area contributed by atoms with Gasteiger partial charge in [-0.1, -0.05) is 103 Å². The monoisotopic (exact) mass is 577 g/mol. The molecule has 1 rings (SSSR count). The van der Waals surface area contributed by atoms with Crippen LogP contribution in [0.5, 0.6) is 5.88 Å². The Labute approximate surface area is 238 Å². The molecule has 1 heterocycles. The highest BCUT2D eigenvalue weighted by Crippen LogP contribution is 2.43. The summed E-state index contributed by atoms with van der Waals surface area (Å²) in [6, 6.07) is 1.57. The van der Waals surface area contributed by atoms with Gasteiger partial charge in [0.25, 0.3) is 5.88 Å². The van der Waals surface area contributed by atoms with E-state index in [0.29, 0.717) is 17.6 Å². The summed E-state index contributed by atoms with van der Waals surface area (Å²) in [4.78, 5) is 9.99. The van der Waals surface area contributed by atoms with Crippen LogP contribution < -0.4 is 4.74 Å². The zero-order valence-corrected chi connectivity index (χ0v) is 26.2. The zero-order valence-electron chi connectivity index (χ0n) is 25.3. The molecule has 0 fully saturated rings. The highest BCUT2D eigenvalue weighted by atomic mass is 31.2. The fourth-order valence-corrected chi connectivity index (χ4v) is 4.90. The largest absolute Gasteiger partial charge is 0.472 e. The average Bonchev–Trinajstić information content (AvgIpc) is 3.38. The maximum Gasteiger partial charge on any atom is 0.472 e. The maximum absolute atomic E-state index is 12.2. The van der Waals surface area contributed by atoms with E-state index in [1.54, 1.807) is 6.07 Å². The van der Waals surface area contributed by atoms with Gasteiger partial charge in [-0.15, -0.1) is 0 Å². The molecule has 230 valence electrons. The Hall–Kier alpha value is -0.960. The van der Waals surface area contributed by atoms with Crippen molar-refractivity contribution >= 4 is 7.82 Å². The third-order valence-electron chi connectivity index (χ3n) is 6.59. The van der Waals surface area contributed by atoms with Crippen LogP contribution in [0.25, 0.3) is 0 Å². The van der Waals surface area contributed by atoms with Gasteiger partial charge >= 0.3 is 7.82 Å².